The van der Waals surface area contributed by atoms with Crippen LogP contribution in [0.25, 0.3) is 22.8 Å². The summed E-state index contributed by atoms with van der Waals surface area (Å²) in [4.78, 5) is 8.37. The molecule has 0 unspecified atom stereocenters. The van der Waals surface area contributed by atoms with Crippen LogP contribution in [0.15, 0.2) is 57.6 Å². The van der Waals surface area contributed by atoms with E-state index in [1.54, 1.807) is 13.8 Å². The Labute approximate surface area is 155 Å². The zero-order chi connectivity index (χ0) is 18.6. The van der Waals surface area contributed by atoms with Gasteiger partial charge in [0.05, 0.1) is 0 Å². The van der Waals surface area contributed by atoms with Gasteiger partial charge in [-0.15, -0.1) is 0 Å². The van der Waals surface area contributed by atoms with Gasteiger partial charge in [0, 0.05) is 25.0 Å². The van der Waals surface area contributed by atoms with E-state index in [4.69, 9.17) is 18.4 Å². The number of hydrogen-bond donors (Lipinski definition) is 0. The molecule has 0 saturated carbocycles. The van der Waals surface area contributed by atoms with Crippen LogP contribution < -0.4 is 9.31 Å². The molecule has 4 aromatic rings. The van der Waals surface area contributed by atoms with E-state index in [1.807, 2.05) is 48.5 Å². The number of hydrogen-bond acceptors (Lipinski definition) is 8. The molecule has 0 N–H and O–H groups in total. The van der Waals surface area contributed by atoms with Crippen molar-refractivity contribution in [1.29, 1.82) is 0 Å². The van der Waals surface area contributed by atoms with Crippen molar-refractivity contribution < 1.29 is 18.4 Å². The third-order valence-electron chi connectivity index (χ3n) is 3.73. The van der Waals surface area contributed by atoms with Gasteiger partial charge >= 0.3 is 7.69 Å². The minimum absolute atomic E-state index is 0.0847. The second-order valence-corrected chi connectivity index (χ2v) is 5.73. The summed E-state index contributed by atoms with van der Waals surface area (Å²) in [6, 6.07) is 14.8. The smallest absolute Gasteiger partial charge is 0.529 e. The van der Waals surface area contributed by atoms with Crippen LogP contribution in [0.2, 0.25) is 0 Å². The summed E-state index contributed by atoms with van der Waals surface area (Å²) >= 11 is 0. The molecular formula is C18H15BN4O4. The highest BCUT2D eigenvalue weighted by Crippen LogP contribution is 2.21. The van der Waals surface area contributed by atoms with E-state index < -0.39 is 0 Å². The van der Waals surface area contributed by atoms with Gasteiger partial charge in [-0.2, -0.15) is 9.97 Å². The molecule has 2 aromatic carbocycles. The molecule has 2 aromatic heterocycles. The molecule has 0 aliphatic rings. The van der Waals surface area contributed by atoms with Gasteiger partial charge in [0.15, 0.2) is 0 Å². The lowest BCUT2D eigenvalue weighted by atomic mass is 10.2. The summed E-state index contributed by atoms with van der Waals surface area (Å²) in [6.07, 6.45) is 0. The third kappa shape index (κ3) is 3.97. The molecule has 0 bridgehead atoms. The van der Waals surface area contributed by atoms with Crippen molar-refractivity contribution >= 4 is 7.69 Å². The quantitative estimate of drug-likeness (QED) is 0.483. The normalized spacial score (nSPS) is 10.6. The molecule has 134 valence electrons. The van der Waals surface area contributed by atoms with E-state index in [9.17, 15) is 0 Å². The van der Waals surface area contributed by atoms with Crippen LogP contribution in [0.5, 0.6) is 11.5 Å². The predicted octanol–water partition coefficient (Wildman–Crippen LogP) is 3.13. The summed E-state index contributed by atoms with van der Waals surface area (Å²) in [5, 5.41) is 7.76. The van der Waals surface area contributed by atoms with Crippen molar-refractivity contribution in [3.63, 3.8) is 0 Å². The van der Waals surface area contributed by atoms with Crippen LogP contribution in [0, 0.1) is 13.8 Å². The van der Waals surface area contributed by atoms with Crippen molar-refractivity contribution in [3.05, 3.63) is 60.3 Å². The summed E-state index contributed by atoms with van der Waals surface area (Å²) in [5.74, 6) is 3.51. The van der Waals surface area contributed by atoms with Crippen molar-refractivity contribution in [2.24, 2.45) is 0 Å². The zero-order valence-electron chi connectivity index (χ0n) is 14.7. The zero-order valence-corrected chi connectivity index (χ0v) is 14.7. The van der Waals surface area contributed by atoms with Crippen molar-refractivity contribution in [1.82, 2.24) is 20.3 Å². The summed E-state index contributed by atoms with van der Waals surface area (Å²) < 4.78 is 21.1. The summed E-state index contributed by atoms with van der Waals surface area (Å²) in [6.45, 7) is 3.50. The number of aromatic nitrogens is 4. The molecule has 0 aliphatic carbocycles. The molecule has 0 saturated heterocycles. The van der Waals surface area contributed by atoms with E-state index >= 15 is 0 Å². The Kier molecular flexibility index (Phi) is 4.57. The Hall–Kier alpha value is -3.62. The molecule has 4 rings (SSSR count). The SMILES string of the molecule is Cc1nc(-c2ccc(OBOc3ccc(-c4noc(C)n4)cc3)cc2)no1. The predicted molar refractivity (Wildman–Crippen MR) is 97.3 cm³/mol. The standard InChI is InChI=1S/C18H15BN4O4/c1-11-20-17(22-26-11)13-3-7-15(8-4-13)24-19-25-16-9-5-14(6-10-16)18-21-12(2)27-23-18/h3-10,19H,1-2H3. The van der Waals surface area contributed by atoms with Gasteiger partial charge in [-0.25, -0.2) is 0 Å². The molecule has 0 amide bonds. The highest BCUT2D eigenvalue weighted by Gasteiger charge is 2.08. The number of benzene rings is 2. The van der Waals surface area contributed by atoms with Crippen molar-refractivity contribution in [2.75, 3.05) is 0 Å². The van der Waals surface area contributed by atoms with Crippen LogP contribution >= 0.6 is 0 Å². The first kappa shape index (κ1) is 16.8. The largest absolute Gasteiger partial charge is 0.576 e. The fourth-order valence-corrected chi connectivity index (χ4v) is 2.40. The van der Waals surface area contributed by atoms with E-state index in [0.29, 0.717) is 34.9 Å². The van der Waals surface area contributed by atoms with Gasteiger partial charge in [0.2, 0.25) is 23.4 Å². The average molecular weight is 362 g/mol. The van der Waals surface area contributed by atoms with Gasteiger partial charge < -0.3 is 18.4 Å². The molecule has 0 spiro atoms. The maximum Gasteiger partial charge on any atom is 0.576 e. The minimum Gasteiger partial charge on any atom is -0.529 e. The van der Waals surface area contributed by atoms with Crippen LogP contribution in [-0.4, -0.2) is 28.0 Å². The molecule has 27 heavy (non-hydrogen) atoms. The van der Waals surface area contributed by atoms with Crippen LogP contribution in [0.3, 0.4) is 0 Å². The second kappa shape index (κ2) is 7.32. The summed E-state index contributed by atoms with van der Waals surface area (Å²) in [5.41, 5.74) is 1.71. The molecule has 2 heterocycles. The van der Waals surface area contributed by atoms with Crippen molar-refractivity contribution in [2.45, 2.75) is 13.8 Å². The molecule has 0 radical (unpaired) electrons. The number of aryl methyl sites for hydroxylation is 2. The van der Waals surface area contributed by atoms with Crippen molar-refractivity contribution in [3.8, 4) is 34.3 Å². The average Bonchev–Trinajstić information content (AvgIpc) is 3.31. The molecule has 0 fully saturated rings. The molecule has 9 heteroatoms. The lowest BCUT2D eigenvalue weighted by molar-refractivity contribution is 0.394. The Balaban J connectivity index is 1.31. The first-order valence-corrected chi connectivity index (χ1v) is 8.24. The molecule has 0 aliphatic heterocycles. The lowest BCUT2D eigenvalue weighted by Crippen LogP contribution is -2.10. The first-order valence-electron chi connectivity index (χ1n) is 8.24. The van der Waals surface area contributed by atoms with Gasteiger partial charge in [-0.05, 0) is 48.5 Å². The minimum atomic E-state index is 0.0847. The van der Waals surface area contributed by atoms with Crippen LogP contribution in [-0.2, 0) is 0 Å². The Morgan fingerprint density at radius 2 is 1.07 bits per heavy atom. The van der Waals surface area contributed by atoms with E-state index in [1.165, 1.54) is 0 Å². The van der Waals surface area contributed by atoms with Crippen LogP contribution in [0.1, 0.15) is 11.8 Å². The monoisotopic (exact) mass is 362 g/mol. The molecular weight excluding hydrogens is 347 g/mol. The summed E-state index contributed by atoms with van der Waals surface area (Å²) in [7, 11) is 0.0847. The fraction of sp³-hybridized carbons (Fsp3) is 0.111. The lowest BCUT2D eigenvalue weighted by Gasteiger charge is -2.08. The third-order valence-corrected chi connectivity index (χ3v) is 3.73. The highest BCUT2D eigenvalue weighted by molar-refractivity contribution is 6.20. The van der Waals surface area contributed by atoms with Gasteiger partial charge in [0.25, 0.3) is 0 Å². The van der Waals surface area contributed by atoms with Gasteiger partial charge in [-0.1, -0.05) is 10.3 Å². The molecule has 8 nitrogen and oxygen atoms in total. The molecule has 0 atom stereocenters. The van der Waals surface area contributed by atoms with E-state index in [-0.39, 0.29) is 7.69 Å². The number of nitrogens with zero attached hydrogens (tertiary/aromatic N) is 4. The number of rotatable bonds is 6. The Morgan fingerprint density at radius 3 is 1.41 bits per heavy atom. The second-order valence-electron chi connectivity index (χ2n) is 5.73. The highest BCUT2D eigenvalue weighted by atomic mass is 16.6. The van der Waals surface area contributed by atoms with Gasteiger partial charge in [-0.3, -0.25) is 0 Å². The Bertz CT molecular complexity index is 944. The first-order chi connectivity index (χ1) is 13.2. The Morgan fingerprint density at radius 1 is 0.667 bits per heavy atom. The van der Waals surface area contributed by atoms with E-state index in [0.717, 1.165) is 11.1 Å². The topological polar surface area (TPSA) is 96.3 Å². The van der Waals surface area contributed by atoms with E-state index in [2.05, 4.69) is 20.3 Å². The maximum atomic E-state index is 5.60. The fourth-order valence-electron chi connectivity index (χ4n) is 2.40. The maximum absolute atomic E-state index is 5.60. The van der Waals surface area contributed by atoms with Crippen LogP contribution in [0.4, 0.5) is 0 Å². The van der Waals surface area contributed by atoms with Gasteiger partial charge in [0.1, 0.15) is 11.5 Å².